The monoisotopic (exact) mass is 308 g/mol. The maximum absolute atomic E-state index is 12.4. The highest BCUT2D eigenvalue weighted by molar-refractivity contribution is 5.78. The molecule has 1 aliphatic rings. The maximum atomic E-state index is 12.4. The molecule has 1 aliphatic heterocycles. The fraction of sp³-hybridized carbons (Fsp3) is 0.562. The van der Waals surface area contributed by atoms with Gasteiger partial charge in [-0.05, 0) is 19.2 Å². The summed E-state index contributed by atoms with van der Waals surface area (Å²) in [6.07, 6.45) is 0. The number of para-hydroxylation sites is 1. The first kappa shape index (κ1) is 16.7. The van der Waals surface area contributed by atoms with Crippen LogP contribution in [0.5, 0.6) is 5.75 Å². The zero-order chi connectivity index (χ0) is 15.8. The van der Waals surface area contributed by atoms with Gasteiger partial charge in [-0.1, -0.05) is 18.2 Å². The van der Waals surface area contributed by atoms with Gasteiger partial charge < -0.3 is 24.4 Å². The van der Waals surface area contributed by atoms with Crippen molar-refractivity contribution >= 4 is 5.91 Å². The second-order valence-corrected chi connectivity index (χ2v) is 5.40. The third kappa shape index (κ3) is 4.98. The Hall–Kier alpha value is -1.63. The van der Waals surface area contributed by atoms with Gasteiger partial charge in [-0.15, -0.1) is 0 Å². The maximum Gasteiger partial charge on any atom is 0.260 e. The van der Waals surface area contributed by atoms with E-state index in [2.05, 4.69) is 0 Å². The number of carbonyl (C=O) groups is 1. The number of likely N-dealkylation sites (N-methyl/N-ethyl adjacent to an activating group) is 1. The van der Waals surface area contributed by atoms with Gasteiger partial charge in [-0.2, -0.15) is 0 Å². The molecular weight excluding hydrogens is 284 g/mol. The molecular formula is C16H24N2O4. The lowest BCUT2D eigenvalue weighted by atomic mass is 10.2. The number of aliphatic hydroxyl groups is 1. The van der Waals surface area contributed by atoms with Crippen molar-refractivity contribution in [3.05, 3.63) is 30.3 Å². The Balaban J connectivity index is 1.87. The lowest BCUT2D eigenvalue weighted by molar-refractivity contribution is -0.142. The molecule has 1 unspecified atom stereocenters. The van der Waals surface area contributed by atoms with Crippen LogP contribution in [0.4, 0.5) is 0 Å². The van der Waals surface area contributed by atoms with Gasteiger partial charge in [0.05, 0.1) is 25.9 Å². The fourth-order valence-corrected chi connectivity index (χ4v) is 2.50. The number of carbonyl (C=O) groups excluding carboxylic acids is 1. The zero-order valence-corrected chi connectivity index (χ0v) is 13.0. The number of amides is 1. The number of aliphatic hydroxyl groups excluding tert-OH is 1. The second kappa shape index (κ2) is 8.73. The molecule has 1 atom stereocenters. The summed E-state index contributed by atoms with van der Waals surface area (Å²) in [7, 11) is 1.92. The number of rotatable bonds is 7. The van der Waals surface area contributed by atoms with Crippen molar-refractivity contribution in [1.29, 1.82) is 0 Å². The zero-order valence-electron chi connectivity index (χ0n) is 13.0. The summed E-state index contributed by atoms with van der Waals surface area (Å²) in [4.78, 5) is 16.2. The minimum absolute atomic E-state index is 0.00262. The smallest absolute Gasteiger partial charge is 0.260 e. The van der Waals surface area contributed by atoms with E-state index in [9.17, 15) is 4.79 Å². The van der Waals surface area contributed by atoms with Crippen LogP contribution in [0.15, 0.2) is 30.3 Å². The van der Waals surface area contributed by atoms with Gasteiger partial charge in [0.1, 0.15) is 5.75 Å². The number of hydrogen-bond acceptors (Lipinski definition) is 5. The highest BCUT2D eigenvalue weighted by Gasteiger charge is 2.28. The van der Waals surface area contributed by atoms with Crippen molar-refractivity contribution in [2.45, 2.75) is 6.04 Å². The third-order valence-electron chi connectivity index (χ3n) is 3.66. The Morgan fingerprint density at radius 1 is 1.45 bits per heavy atom. The Kier molecular flexibility index (Phi) is 6.64. The van der Waals surface area contributed by atoms with E-state index in [1.54, 1.807) is 0 Å². The van der Waals surface area contributed by atoms with Gasteiger partial charge in [-0.3, -0.25) is 4.79 Å². The summed E-state index contributed by atoms with van der Waals surface area (Å²) < 4.78 is 11.0. The molecule has 22 heavy (non-hydrogen) atoms. The molecule has 0 aromatic heterocycles. The van der Waals surface area contributed by atoms with Gasteiger partial charge >= 0.3 is 0 Å². The van der Waals surface area contributed by atoms with Crippen LogP contribution < -0.4 is 4.74 Å². The van der Waals surface area contributed by atoms with E-state index in [1.807, 2.05) is 47.2 Å². The fourth-order valence-electron chi connectivity index (χ4n) is 2.50. The van der Waals surface area contributed by atoms with Crippen molar-refractivity contribution < 1.29 is 19.4 Å². The van der Waals surface area contributed by atoms with Crippen LogP contribution in [0.3, 0.4) is 0 Å². The largest absolute Gasteiger partial charge is 0.484 e. The Morgan fingerprint density at radius 2 is 2.23 bits per heavy atom. The molecule has 6 nitrogen and oxygen atoms in total. The molecule has 0 saturated carbocycles. The molecule has 1 saturated heterocycles. The van der Waals surface area contributed by atoms with Crippen LogP contribution >= 0.6 is 0 Å². The SMILES string of the molecule is CN(CCO)CC1COCCN1C(=O)COc1ccccc1. The molecule has 0 bridgehead atoms. The number of ether oxygens (including phenoxy) is 2. The van der Waals surface area contributed by atoms with Crippen LogP contribution in [0.25, 0.3) is 0 Å². The minimum atomic E-state index is -0.0328. The molecule has 1 amide bonds. The number of morpholine rings is 1. The average Bonchev–Trinajstić information content (AvgIpc) is 2.54. The lowest BCUT2D eigenvalue weighted by Gasteiger charge is -2.37. The molecule has 1 fully saturated rings. The normalized spacial score (nSPS) is 18.5. The highest BCUT2D eigenvalue weighted by atomic mass is 16.5. The van der Waals surface area contributed by atoms with Gasteiger partial charge in [0, 0.05) is 19.6 Å². The summed E-state index contributed by atoms with van der Waals surface area (Å²) in [6.45, 7) is 3.05. The number of nitrogens with zero attached hydrogens (tertiary/aromatic N) is 2. The van der Waals surface area contributed by atoms with Crippen LogP contribution in [-0.2, 0) is 9.53 Å². The first-order valence-corrected chi connectivity index (χ1v) is 7.55. The molecule has 1 N–H and O–H groups in total. The second-order valence-electron chi connectivity index (χ2n) is 5.40. The van der Waals surface area contributed by atoms with Gasteiger partial charge in [0.2, 0.25) is 0 Å². The van der Waals surface area contributed by atoms with E-state index >= 15 is 0 Å². The lowest BCUT2D eigenvalue weighted by Crippen LogP contribution is -2.54. The molecule has 0 spiro atoms. The quantitative estimate of drug-likeness (QED) is 0.780. The van der Waals surface area contributed by atoms with Crippen molar-refractivity contribution in [3.8, 4) is 5.75 Å². The van der Waals surface area contributed by atoms with Crippen LogP contribution in [-0.4, -0.2) is 80.0 Å². The van der Waals surface area contributed by atoms with Gasteiger partial charge in [-0.25, -0.2) is 0 Å². The molecule has 122 valence electrons. The van der Waals surface area contributed by atoms with Crippen LogP contribution in [0.1, 0.15) is 0 Å². The molecule has 1 heterocycles. The molecule has 0 aliphatic carbocycles. The molecule has 1 aromatic rings. The molecule has 0 radical (unpaired) electrons. The minimum Gasteiger partial charge on any atom is -0.484 e. The molecule has 2 rings (SSSR count). The Labute approximate surface area is 131 Å². The summed E-state index contributed by atoms with van der Waals surface area (Å²) in [6, 6.07) is 9.32. The third-order valence-corrected chi connectivity index (χ3v) is 3.66. The van der Waals surface area contributed by atoms with Crippen molar-refractivity contribution in [3.63, 3.8) is 0 Å². The Morgan fingerprint density at radius 3 is 2.95 bits per heavy atom. The first-order chi connectivity index (χ1) is 10.7. The van der Waals surface area contributed by atoms with Crippen molar-refractivity contribution in [2.75, 3.05) is 53.1 Å². The van der Waals surface area contributed by atoms with Crippen molar-refractivity contribution in [2.24, 2.45) is 0 Å². The average molecular weight is 308 g/mol. The summed E-state index contributed by atoms with van der Waals surface area (Å²) in [5.74, 6) is 0.660. The molecule has 1 aromatic carbocycles. The Bertz CT molecular complexity index is 455. The number of benzene rings is 1. The van der Waals surface area contributed by atoms with Crippen LogP contribution in [0, 0.1) is 0 Å². The number of hydrogen-bond donors (Lipinski definition) is 1. The van der Waals surface area contributed by atoms with E-state index in [1.165, 1.54) is 0 Å². The van der Waals surface area contributed by atoms with E-state index in [0.29, 0.717) is 38.6 Å². The van der Waals surface area contributed by atoms with Gasteiger partial charge in [0.15, 0.2) is 6.61 Å². The van der Waals surface area contributed by atoms with E-state index in [0.717, 1.165) is 0 Å². The summed E-state index contributed by atoms with van der Waals surface area (Å²) >= 11 is 0. The summed E-state index contributed by atoms with van der Waals surface area (Å²) in [5, 5.41) is 8.98. The standard InChI is InChI=1S/C16H24N2O4/c1-17(7-9-19)11-14-12-21-10-8-18(14)16(20)13-22-15-5-3-2-4-6-15/h2-6,14,19H,7-13H2,1H3. The highest BCUT2D eigenvalue weighted by Crippen LogP contribution is 2.12. The molecule has 6 heteroatoms. The van der Waals surface area contributed by atoms with Gasteiger partial charge in [0.25, 0.3) is 5.91 Å². The summed E-state index contributed by atoms with van der Waals surface area (Å²) in [5.41, 5.74) is 0. The van der Waals surface area contributed by atoms with Crippen molar-refractivity contribution in [1.82, 2.24) is 9.80 Å². The van der Waals surface area contributed by atoms with E-state index in [4.69, 9.17) is 14.6 Å². The van der Waals surface area contributed by atoms with Crippen LogP contribution in [0.2, 0.25) is 0 Å². The predicted octanol–water partition coefficient (Wildman–Crippen LogP) is 0.217. The predicted molar refractivity (Wildman–Crippen MR) is 82.8 cm³/mol. The van der Waals surface area contributed by atoms with E-state index < -0.39 is 0 Å². The first-order valence-electron chi connectivity index (χ1n) is 7.55. The topological polar surface area (TPSA) is 62.2 Å². The van der Waals surface area contributed by atoms with E-state index in [-0.39, 0.29) is 25.2 Å².